The van der Waals surface area contributed by atoms with Crippen LogP contribution >= 0.6 is 0 Å². The van der Waals surface area contributed by atoms with E-state index in [-0.39, 0.29) is 0 Å². The van der Waals surface area contributed by atoms with Crippen LogP contribution < -0.4 is 4.90 Å². The standard InChI is InChI=1S/C58H41N/c1-4-18-42(19-5-1)43-36-38-49(39-37-43)59(50-28-14-26-47(40-50)54-33-16-25-45-24-10-11-30-52(45)54)51-29-15-27-48(41-51)56-35-17-34-55(46-22-8-3-9-23-46)58(56)57-32-13-12-31-53(57)44-20-6-2-7-21-44/h1-41H. The lowest BCUT2D eigenvalue weighted by molar-refractivity contribution is 1.28. The maximum absolute atomic E-state index is 2.39. The van der Waals surface area contributed by atoms with Gasteiger partial charge in [-0.25, -0.2) is 0 Å². The molecule has 0 bridgehead atoms. The first-order valence-electron chi connectivity index (χ1n) is 20.3. The summed E-state index contributed by atoms with van der Waals surface area (Å²) in [6.45, 7) is 0. The second-order valence-corrected chi connectivity index (χ2v) is 14.9. The summed E-state index contributed by atoms with van der Waals surface area (Å²) in [5.41, 5.74) is 17.6. The zero-order chi connectivity index (χ0) is 39.4. The first-order chi connectivity index (χ1) is 29.3. The van der Waals surface area contributed by atoms with Gasteiger partial charge in [-0.1, -0.05) is 212 Å². The van der Waals surface area contributed by atoms with Gasteiger partial charge in [0.1, 0.15) is 0 Å². The third-order valence-corrected chi connectivity index (χ3v) is 11.3. The number of fused-ring (bicyclic) bond motifs is 1. The van der Waals surface area contributed by atoms with Crippen molar-refractivity contribution >= 4 is 27.8 Å². The highest BCUT2D eigenvalue weighted by atomic mass is 15.1. The molecule has 1 heteroatoms. The Balaban J connectivity index is 1.16. The molecule has 0 heterocycles. The first kappa shape index (κ1) is 35.7. The second kappa shape index (κ2) is 16.0. The van der Waals surface area contributed by atoms with E-state index in [2.05, 4.69) is 254 Å². The maximum atomic E-state index is 2.39. The number of hydrogen-bond donors (Lipinski definition) is 0. The van der Waals surface area contributed by atoms with Gasteiger partial charge in [0, 0.05) is 17.1 Å². The van der Waals surface area contributed by atoms with Gasteiger partial charge in [0.2, 0.25) is 0 Å². The van der Waals surface area contributed by atoms with E-state index in [4.69, 9.17) is 0 Å². The van der Waals surface area contributed by atoms with E-state index in [9.17, 15) is 0 Å². The average molecular weight is 752 g/mol. The molecule has 0 aliphatic heterocycles. The molecule has 0 fully saturated rings. The van der Waals surface area contributed by atoms with E-state index in [1.807, 2.05) is 0 Å². The van der Waals surface area contributed by atoms with E-state index in [1.165, 1.54) is 72.0 Å². The number of hydrogen-bond acceptors (Lipinski definition) is 1. The van der Waals surface area contributed by atoms with Crippen LogP contribution in [0.4, 0.5) is 17.1 Å². The van der Waals surface area contributed by atoms with Gasteiger partial charge < -0.3 is 4.90 Å². The minimum absolute atomic E-state index is 1.08. The first-order valence-corrected chi connectivity index (χ1v) is 20.3. The lowest BCUT2D eigenvalue weighted by Gasteiger charge is -2.27. The van der Waals surface area contributed by atoms with Crippen LogP contribution in [0.15, 0.2) is 249 Å². The Kier molecular flexibility index (Phi) is 9.68. The van der Waals surface area contributed by atoms with Gasteiger partial charge in [-0.2, -0.15) is 0 Å². The van der Waals surface area contributed by atoms with Crippen LogP contribution in [0, 0.1) is 0 Å². The minimum Gasteiger partial charge on any atom is -0.310 e. The normalized spacial score (nSPS) is 11.1. The highest BCUT2D eigenvalue weighted by Crippen LogP contribution is 2.46. The summed E-state index contributed by atoms with van der Waals surface area (Å²) in [6, 6.07) is 89.9. The Morgan fingerprint density at radius 3 is 1.29 bits per heavy atom. The number of benzene rings is 10. The second-order valence-electron chi connectivity index (χ2n) is 14.9. The number of anilines is 3. The molecule has 0 aliphatic rings. The Bertz CT molecular complexity index is 3020. The molecular weight excluding hydrogens is 711 g/mol. The Labute approximate surface area is 346 Å². The van der Waals surface area contributed by atoms with Crippen molar-refractivity contribution in [3.63, 3.8) is 0 Å². The summed E-state index contributed by atoms with van der Waals surface area (Å²) in [5, 5.41) is 2.48. The topological polar surface area (TPSA) is 3.24 Å². The fourth-order valence-electron chi connectivity index (χ4n) is 8.49. The largest absolute Gasteiger partial charge is 0.310 e. The van der Waals surface area contributed by atoms with Gasteiger partial charge in [0.15, 0.2) is 0 Å². The molecule has 0 unspecified atom stereocenters. The van der Waals surface area contributed by atoms with Gasteiger partial charge in [0.05, 0.1) is 0 Å². The molecule has 0 aromatic heterocycles. The van der Waals surface area contributed by atoms with Gasteiger partial charge >= 0.3 is 0 Å². The molecule has 10 aromatic rings. The molecule has 10 rings (SSSR count). The summed E-state index contributed by atoms with van der Waals surface area (Å²) >= 11 is 0. The Morgan fingerprint density at radius 2 is 0.627 bits per heavy atom. The lowest BCUT2D eigenvalue weighted by atomic mass is 9.84. The fraction of sp³-hybridized carbons (Fsp3) is 0. The zero-order valence-electron chi connectivity index (χ0n) is 32.6. The van der Waals surface area contributed by atoms with Crippen LogP contribution in [0.1, 0.15) is 0 Å². The smallest absolute Gasteiger partial charge is 0.0467 e. The van der Waals surface area contributed by atoms with Crippen molar-refractivity contribution in [2.45, 2.75) is 0 Å². The van der Waals surface area contributed by atoms with Gasteiger partial charge in [-0.3, -0.25) is 0 Å². The fourth-order valence-corrected chi connectivity index (χ4v) is 8.49. The van der Waals surface area contributed by atoms with Gasteiger partial charge in [-0.05, 0) is 114 Å². The van der Waals surface area contributed by atoms with Crippen molar-refractivity contribution in [2.24, 2.45) is 0 Å². The maximum Gasteiger partial charge on any atom is 0.0467 e. The van der Waals surface area contributed by atoms with E-state index in [1.54, 1.807) is 0 Å². The number of rotatable bonds is 9. The molecule has 0 saturated heterocycles. The highest BCUT2D eigenvalue weighted by Gasteiger charge is 2.20. The van der Waals surface area contributed by atoms with Crippen LogP contribution in [0.2, 0.25) is 0 Å². The molecule has 0 amide bonds. The summed E-state index contributed by atoms with van der Waals surface area (Å²) in [4.78, 5) is 2.39. The molecule has 0 spiro atoms. The van der Waals surface area contributed by atoms with Crippen LogP contribution in [-0.2, 0) is 0 Å². The molecular formula is C58H41N. The minimum atomic E-state index is 1.08. The van der Waals surface area contributed by atoms with E-state index >= 15 is 0 Å². The van der Waals surface area contributed by atoms with Gasteiger partial charge in [0.25, 0.3) is 0 Å². The molecule has 0 N–H and O–H groups in total. The molecule has 0 aliphatic carbocycles. The molecule has 1 nitrogen and oxygen atoms in total. The average Bonchev–Trinajstić information content (AvgIpc) is 3.32. The Hall–Kier alpha value is -7.74. The third-order valence-electron chi connectivity index (χ3n) is 11.3. The number of nitrogens with zero attached hydrogens (tertiary/aromatic N) is 1. The molecule has 10 aromatic carbocycles. The van der Waals surface area contributed by atoms with Crippen molar-refractivity contribution in [3.8, 4) is 66.8 Å². The van der Waals surface area contributed by atoms with Crippen molar-refractivity contribution < 1.29 is 0 Å². The Morgan fingerprint density at radius 1 is 0.220 bits per heavy atom. The predicted molar refractivity (Wildman–Crippen MR) is 251 cm³/mol. The van der Waals surface area contributed by atoms with Crippen LogP contribution in [0.5, 0.6) is 0 Å². The summed E-state index contributed by atoms with van der Waals surface area (Å²) in [6.07, 6.45) is 0. The van der Waals surface area contributed by atoms with Gasteiger partial charge in [-0.15, -0.1) is 0 Å². The molecule has 0 atom stereocenters. The van der Waals surface area contributed by atoms with E-state index < -0.39 is 0 Å². The van der Waals surface area contributed by atoms with Crippen LogP contribution in [0.25, 0.3) is 77.5 Å². The van der Waals surface area contributed by atoms with Crippen molar-refractivity contribution in [3.05, 3.63) is 249 Å². The molecule has 0 radical (unpaired) electrons. The lowest BCUT2D eigenvalue weighted by Crippen LogP contribution is -2.10. The SMILES string of the molecule is c1ccc(-c2ccc(N(c3cccc(-c4cccc(-c5ccccc5)c4-c4ccccc4-c4ccccc4)c3)c3cccc(-c4cccc5ccccc45)c3)cc2)cc1. The van der Waals surface area contributed by atoms with Crippen LogP contribution in [-0.4, -0.2) is 0 Å². The third kappa shape index (κ3) is 7.12. The summed E-state index contributed by atoms with van der Waals surface area (Å²) in [5.74, 6) is 0. The highest BCUT2D eigenvalue weighted by molar-refractivity contribution is 6.01. The molecule has 0 saturated carbocycles. The van der Waals surface area contributed by atoms with Crippen molar-refractivity contribution in [2.75, 3.05) is 4.90 Å². The summed E-state index contributed by atoms with van der Waals surface area (Å²) in [7, 11) is 0. The van der Waals surface area contributed by atoms with E-state index in [0.717, 1.165) is 22.6 Å². The van der Waals surface area contributed by atoms with Crippen LogP contribution in [0.3, 0.4) is 0 Å². The molecule has 278 valence electrons. The van der Waals surface area contributed by atoms with Crippen molar-refractivity contribution in [1.29, 1.82) is 0 Å². The molecule has 59 heavy (non-hydrogen) atoms. The monoisotopic (exact) mass is 751 g/mol. The van der Waals surface area contributed by atoms with Crippen molar-refractivity contribution in [1.82, 2.24) is 0 Å². The predicted octanol–water partition coefficient (Wildman–Crippen LogP) is 16.3. The zero-order valence-corrected chi connectivity index (χ0v) is 32.6. The quantitative estimate of drug-likeness (QED) is 0.142. The van der Waals surface area contributed by atoms with E-state index in [0.29, 0.717) is 0 Å². The summed E-state index contributed by atoms with van der Waals surface area (Å²) < 4.78 is 0.